The molecule has 1 atom stereocenters. The molecule has 0 amide bonds. The molecule has 1 aromatic heterocycles. The third-order valence-electron chi connectivity index (χ3n) is 3.35. The van der Waals surface area contributed by atoms with E-state index in [0.29, 0.717) is 16.5 Å². The summed E-state index contributed by atoms with van der Waals surface area (Å²) < 4.78 is 16.9. The molecule has 0 saturated carbocycles. The van der Waals surface area contributed by atoms with E-state index in [-0.39, 0.29) is 5.82 Å². The molecule has 3 nitrogen and oxygen atoms in total. The summed E-state index contributed by atoms with van der Waals surface area (Å²) >= 11 is 6.80. The van der Waals surface area contributed by atoms with Gasteiger partial charge in [0, 0.05) is 17.4 Å². The zero-order valence-corrected chi connectivity index (χ0v) is 15.1. The van der Waals surface area contributed by atoms with E-state index in [1.807, 2.05) is 18.5 Å². The van der Waals surface area contributed by atoms with E-state index >= 15 is 0 Å². The van der Waals surface area contributed by atoms with Gasteiger partial charge in [0.05, 0.1) is 22.0 Å². The van der Waals surface area contributed by atoms with Crippen molar-refractivity contribution in [3.8, 4) is 0 Å². The summed E-state index contributed by atoms with van der Waals surface area (Å²) in [7, 11) is 0. The third kappa shape index (κ3) is 3.73. The number of benzene rings is 1. The minimum Gasteiger partial charge on any atom is -0.388 e. The molecule has 0 aliphatic heterocycles. The highest BCUT2D eigenvalue weighted by Crippen LogP contribution is 2.28. The summed E-state index contributed by atoms with van der Waals surface area (Å²) in [6.45, 7) is 4.78. The van der Waals surface area contributed by atoms with E-state index in [4.69, 9.17) is 0 Å². The molecule has 0 bridgehead atoms. The summed E-state index contributed by atoms with van der Waals surface area (Å²) in [6.07, 6.45) is 0.430. The van der Waals surface area contributed by atoms with Crippen LogP contribution in [0.4, 0.5) is 4.39 Å². The molecule has 0 fully saturated rings. The molecule has 0 saturated heterocycles. The maximum atomic E-state index is 13.4. The fourth-order valence-corrected chi connectivity index (χ4v) is 3.49. The maximum Gasteiger partial charge on any atom is 0.124 e. The van der Waals surface area contributed by atoms with E-state index in [1.165, 1.54) is 12.1 Å². The van der Waals surface area contributed by atoms with Crippen molar-refractivity contribution in [2.24, 2.45) is 0 Å². The van der Waals surface area contributed by atoms with Crippen LogP contribution in [-0.4, -0.2) is 14.9 Å². The first kappa shape index (κ1) is 16.6. The fourth-order valence-electron chi connectivity index (χ4n) is 2.28. The molecule has 1 aromatic carbocycles. The monoisotopic (exact) mass is 418 g/mol. The average molecular weight is 420 g/mol. The van der Waals surface area contributed by atoms with Gasteiger partial charge >= 0.3 is 0 Å². The zero-order chi connectivity index (χ0) is 15.6. The van der Waals surface area contributed by atoms with Crippen LogP contribution in [0, 0.1) is 5.82 Å². The number of nitrogens with zero attached hydrogens (tertiary/aromatic N) is 2. The molecule has 1 heterocycles. The number of halogens is 3. The van der Waals surface area contributed by atoms with Crippen molar-refractivity contribution < 1.29 is 9.50 Å². The van der Waals surface area contributed by atoms with E-state index in [2.05, 4.69) is 37.0 Å². The predicted octanol–water partition coefficient (Wildman–Crippen LogP) is 4.41. The van der Waals surface area contributed by atoms with Crippen LogP contribution in [0.25, 0.3) is 0 Å². The second-order valence-corrected chi connectivity index (χ2v) is 6.51. The Morgan fingerprint density at radius 2 is 2.00 bits per heavy atom. The number of aliphatic hydroxyl groups excluding tert-OH is 1. The predicted molar refractivity (Wildman–Crippen MR) is 87.7 cm³/mol. The summed E-state index contributed by atoms with van der Waals surface area (Å²) in [4.78, 5) is 0. The largest absolute Gasteiger partial charge is 0.388 e. The molecule has 2 aromatic rings. The topological polar surface area (TPSA) is 38.0 Å². The number of hydrogen-bond donors (Lipinski definition) is 1. The van der Waals surface area contributed by atoms with Gasteiger partial charge in [-0.3, -0.25) is 4.68 Å². The highest BCUT2D eigenvalue weighted by molar-refractivity contribution is 9.10. The van der Waals surface area contributed by atoms with Gasteiger partial charge in [-0.15, -0.1) is 0 Å². The molecule has 114 valence electrons. The Kier molecular flexibility index (Phi) is 5.57. The first-order valence-electron chi connectivity index (χ1n) is 6.84. The summed E-state index contributed by atoms with van der Waals surface area (Å²) in [5, 5.41) is 14.9. The van der Waals surface area contributed by atoms with Crippen LogP contribution >= 0.6 is 31.9 Å². The smallest absolute Gasteiger partial charge is 0.124 e. The standard InChI is InChI=1S/C15H17Br2FN2O/c1-3-12-15(17)13(20(4-2)19-12)8-14(21)9-5-10(16)7-11(18)6-9/h5-7,14,21H,3-4,8H2,1-2H3. The summed E-state index contributed by atoms with van der Waals surface area (Å²) in [5.74, 6) is -0.365. The van der Waals surface area contributed by atoms with Crippen LogP contribution in [-0.2, 0) is 19.4 Å². The second kappa shape index (κ2) is 7.03. The van der Waals surface area contributed by atoms with Crippen molar-refractivity contribution in [3.63, 3.8) is 0 Å². The fraction of sp³-hybridized carbons (Fsp3) is 0.400. The third-order valence-corrected chi connectivity index (χ3v) is 4.72. The Morgan fingerprint density at radius 1 is 1.29 bits per heavy atom. The first-order chi connectivity index (χ1) is 9.96. The van der Waals surface area contributed by atoms with Gasteiger partial charge in [-0.2, -0.15) is 5.10 Å². The molecule has 6 heteroatoms. The molecule has 1 unspecified atom stereocenters. The molecule has 1 N–H and O–H groups in total. The maximum absolute atomic E-state index is 13.4. The second-order valence-electron chi connectivity index (χ2n) is 4.80. The lowest BCUT2D eigenvalue weighted by atomic mass is 10.0. The number of aryl methyl sites for hydroxylation is 2. The van der Waals surface area contributed by atoms with Gasteiger partial charge in [-0.05, 0) is 53.0 Å². The number of aliphatic hydroxyl groups is 1. The van der Waals surface area contributed by atoms with Gasteiger partial charge in [0.2, 0.25) is 0 Å². The van der Waals surface area contributed by atoms with Gasteiger partial charge in [-0.25, -0.2) is 4.39 Å². The van der Waals surface area contributed by atoms with Crippen molar-refractivity contribution in [1.29, 1.82) is 0 Å². The summed E-state index contributed by atoms with van der Waals surface area (Å²) in [6, 6.07) is 4.46. The van der Waals surface area contributed by atoms with Crippen LogP contribution in [0.5, 0.6) is 0 Å². The molecular weight excluding hydrogens is 403 g/mol. The number of hydrogen-bond acceptors (Lipinski definition) is 2. The molecule has 0 radical (unpaired) electrons. The minimum atomic E-state index is -0.778. The van der Waals surface area contributed by atoms with Gasteiger partial charge in [-0.1, -0.05) is 22.9 Å². The lowest BCUT2D eigenvalue weighted by Gasteiger charge is -2.13. The van der Waals surface area contributed by atoms with Crippen molar-refractivity contribution in [2.75, 3.05) is 0 Å². The average Bonchev–Trinajstić information content (AvgIpc) is 2.74. The van der Waals surface area contributed by atoms with Crippen LogP contribution in [0.2, 0.25) is 0 Å². The van der Waals surface area contributed by atoms with E-state index in [1.54, 1.807) is 6.07 Å². The quantitative estimate of drug-likeness (QED) is 0.779. The minimum absolute atomic E-state index is 0.365. The Morgan fingerprint density at radius 3 is 2.57 bits per heavy atom. The Bertz CT molecular complexity index is 623. The van der Waals surface area contributed by atoms with Crippen LogP contribution in [0.1, 0.15) is 36.9 Å². The molecule has 0 aliphatic rings. The van der Waals surface area contributed by atoms with E-state index in [0.717, 1.165) is 28.8 Å². The lowest BCUT2D eigenvalue weighted by Crippen LogP contribution is -2.09. The van der Waals surface area contributed by atoms with Gasteiger partial charge in [0.15, 0.2) is 0 Å². The molecule has 0 aliphatic carbocycles. The van der Waals surface area contributed by atoms with Gasteiger partial charge in [0.1, 0.15) is 5.82 Å². The highest BCUT2D eigenvalue weighted by Gasteiger charge is 2.19. The van der Waals surface area contributed by atoms with Crippen molar-refractivity contribution in [2.45, 2.75) is 39.3 Å². The Balaban J connectivity index is 2.30. The van der Waals surface area contributed by atoms with Crippen LogP contribution in [0.3, 0.4) is 0 Å². The number of aromatic nitrogens is 2. The van der Waals surface area contributed by atoms with Gasteiger partial charge in [0.25, 0.3) is 0 Å². The zero-order valence-electron chi connectivity index (χ0n) is 11.9. The van der Waals surface area contributed by atoms with Crippen molar-refractivity contribution in [3.05, 3.63) is 49.9 Å². The van der Waals surface area contributed by atoms with Crippen LogP contribution < -0.4 is 0 Å². The number of rotatable bonds is 5. The summed E-state index contributed by atoms with van der Waals surface area (Å²) in [5.41, 5.74) is 2.46. The van der Waals surface area contributed by atoms with Crippen molar-refractivity contribution in [1.82, 2.24) is 9.78 Å². The molecular formula is C15H17Br2FN2O. The SMILES string of the molecule is CCc1nn(CC)c(CC(O)c2cc(F)cc(Br)c2)c1Br. The Hall–Kier alpha value is -0.720. The van der Waals surface area contributed by atoms with Crippen molar-refractivity contribution >= 4 is 31.9 Å². The molecule has 2 rings (SSSR count). The normalized spacial score (nSPS) is 12.7. The highest BCUT2D eigenvalue weighted by atomic mass is 79.9. The molecule has 0 spiro atoms. The van der Waals surface area contributed by atoms with Crippen LogP contribution in [0.15, 0.2) is 27.1 Å². The molecule has 21 heavy (non-hydrogen) atoms. The van der Waals surface area contributed by atoms with E-state index in [9.17, 15) is 9.50 Å². The van der Waals surface area contributed by atoms with E-state index < -0.39 is 6.10 Å². The Labute approximate surface area is 140 Å². The van der Waals surface area contributed by atoms with Gasteiger partial charge < -0.3 is 5.11 Å². The first-order valence-corrected chi connectivity index (χ1v) is 8.42. The lowest BCUT2D eigenvalue weighted by molar-refractivity contribution is 0.174.